The highest BCUT2D eigenvalue weighted by molar-refractivity contribution is 6.27. The molecule has 22 heavy (non-hydrogen) atoms. The number of carboxylic acid groups (broad SMARTS) is 2. The molecule has 0 unspecified atom stereocenters. The first kappa shape index (κ1) is 19.9. The fourth-order valence-electron chi connectivity index (χ4n) is 1.64. The first-order chi connectivity index (χ1) is 10.3. The lowest BCUT2D eigenvalue weighted by Crippen LogP contribution is -2.27. The molecule has 0 saturated carbocycles. The Hall–Kier alpha value is -2.08. The van der Waals surface area contributed by atoms with E-state index in [9.17, 15) is 0 Å². The van der Waals surface area contributed by atoms with Crippen molar-refractivity contribution in [1.82, 2.24) is 4.90 Å². The zero-order valence-corrected chi connectivity index (χ0v) is 13.6. The quantitative estimate of drug-likeness (QED) is 0.783. The molecular formula is C16H25NO5. The summed E-state index contributed by atoms with van der Waals surface area (Å²) >= 11 is 0. The fraction of sp³-hybridized carbons (Fsp3) is 0.500. The third-order valence-electron chi connectivity index (χ3n) is 3.23. The number of likely N-dealkylation sites (N-methyl/N-ethyl adjacent to an activating group) is 1. The molecule has 1 rings (SSSR count). The van der Waals surface area contributed by atoms with Crippen LogP contribution < -0.4 is 4.74 Å². The molecule has 0 aliphatic rings. The van der Waals surface area contributed by atoms with Gasteiger partial charge in [-0.05, 0) is 50.2 Å². The van der Waals surface area contributed by atoms with Crippen LogP contribution in [0.25, 0.3) is 0 Å². The number of hydrogen-bond acceptors (Lipinski definition) is 4. The Morgan fingerprint density at radius 2 is 1.59 bits per heavy atom. The number of benzene rings is 1. The second kappa shape index (κ2) is 10.6. The molecule has 0 atom stereocenters. The lowest BCUT2D eigenvalue weighted by molar-refractivity contribution is -0.159. The topological polar surface area (TPSA) is 87.1 Å². The van der Waals surface area contributed by atoms with Crippen molar-refractivity contribution >= 4 is 11.9 Å². The largest absolute Gasteiger partial charge is 0.492 e. The maximum Gasteiger partial charge on any atom is 0.414 e. The Morgan fingerprint density at radius 3 is 2.00 bits per heavy atom. The molecule has 6 heteroatoms. The van der Waals surface area contributed by atoms with Gasteiger partial charge in [-0.1, -0.05) is 19.9 Å². The Bertz CT molecular complexity index is 471. The second-order valence-electron chi connectivity index (χ2n) is 4.73. The average molecular weight is 311 g/mol. The lowest BCUT2D eigenvalue weighted by atomic mass is 10.1. The summed E-state index contributed by atoms with van der Waals surface area (Å²) in [4.78, 5) is 20.6. The van der Waals surface area contributed by atoms with Crippen LogP contribution in [0, 0.1) is 13.8 Å². The van der Waals surface area contributed by atoms with Gasteiger partial charge in [-0.25, -0.2) is 9.59 Å². The van der Waals surface area contributed by atoms with Gasteiger partial charge in [-0.2, -0.15) is 0 Å². The van der Waals surface area contributed by atoms with Crippen LogP contribution in [-0.2, 0) is 9.59 Å². The smallest absolute Gasteiger partial charge is 0.414 e. The number of ether oxygens (including phenoxy) is 1. The normalized spacial score (nSPS) is 9.86. The van der Waals surface area contributed by atoms with Gasteiger partial charge in [0, 0.05) is 6.54 Å². The molecule has 0 saturated heterocycles. The summed E-state index contributed by atoms with van der Waals surface area (Å²) in [7, 11) is 0. The molecule has 6 nitrogen and oxygen atoms in total. The van der Waals surface area contributed by atoms with Gasteiger partial charge < -0.3 is 19.8 Å². The summed E-state index contributed by atoms with van der Waals surface area (Å²) in [5, 5.41) is 14.8. The van der Waals surface area contributed by atoms with Gasteiger partial charge in [-0.15, -0.1) is 0 Å². The number of rotatable bonds is 6. The van der Waals surface area contributed by atoms with Crippen LogP contribution in [0.4, 0.5) is 0 Å². The Morgan fingerprint density at radius 1 is 1.05 bits per heavy atom. The molecular weight excluding hydrogens is 286 g/mol. The van der Waals surface area contributed by atoms with Gasteiger partial charge in [0.15, 0.2) is 0 Å². The van der Waals surface area contributed by atoms with Crippen molar-refractivity contribution in [3.05, 3.63) is 29.3 Å². The van der Waals surface area contributed by atoms with Crippen LogP contribution in [0.1, 0.15) is 25.0 Å². The maximum absolute atomic E-state index is 9.10. The predicted octanol–water partition coefficient (Wildman–Crippen LogP) is 2.18. The van der Waals surface area contributed by atoms with Crippen molar-refractivity contribution in [1.29, 1.82) is 0 Å². The zero-order valence-electron chi connectivity index (χ0n) is 13.6. The van der Waals surface area contributed by atoms with E-state index in [1.54, 1.807) is 0 Å². The molecule has 1 aromatic rings. The highest BCUT2D eigenvalue weighted by Crippen LogP contribution is 2.16. The summed E-state index contributed by atoms with van der Waals surface area (Å²) in [5.74, 6) is -2.67. The van der Waals surface area contributed by atoms with Crippen molar-refractivity contribution in [2.75, 3.05) is 26.2 Å². The van der Waals surface area contributed by atoms with Gasteiger partial charge >= 0.3 is 11.9 Å². The van der Waals surface area contributed by atoms with E-state index in [1.165, 1.54) is 11.1 Å². The van der Waals surface area contributed by atoms with Crippen LogP contribution in [0.2, 0.25) is 0 Å². The molecule has 124 valence electrons. The van der Waals surface area contributed by atoms with Crippen LogP contribution in [0.15, 0.2) is 18.2 Å². The SMILES string of the molecule is CCN(CC)CCOc1ccc(C)c(C)c1.O=C(O)C(=O)O. The molecule has 1 aromatic carbocycles. The number of aryl methyl sites for hydroxylation is 2. The van der Waals surface area contributed by atoms with Crippen LogP contribution in [0.3, 0.4) is 0 Å². The molecule has 0 aliphatic carbocycles. The van der Waals surface area contributed by atoms with E-state index in [-0.39, 0.29) is 0 Å². The fourth-order valence-corrected chi connectivity index (χ4v) is 1.64. The standard InChI is InChI=1S/C14H23NO.C2H2O4/c1-5-15(6-2)9-10-16-14-8-7-12(3)13(4)11-14;3-1(4)2(5)6/h7-8,11H,5-6,9-10H2,1-4H3;(H,3,4)(H,5,6). The van der Waals surface area contributed by atoms with Gasteiger partial charge in [0.25, 0.3) is 0 Å². The highest BCUT2D eigenvalue weighted by Gasteiger charge is 2.04. The Labute approximate surface area is 131 Å². The minimum absolute atomic E-state index is 0.768. The number of aliphatic carboxylic acids is 2. The van der Waals surface area contributed by atoms with E-state index in [2.05, 4.69) is 44.7 Å². The van der Waals surface area contributed by atoms with Gasteiger partial charge in [0.2, 0.25) is 0 Å². The number of carbonyl (C=O) groups is 2. The van der Waals surface area contributed by atoms with Gasteiger partial charge in [0.05, 0.1) is 0 Å². The molecule has 0 heterocycles. The summed E-state index contributed by atoms with van der Waals surface area (Å²) in [6.07, 6.45) is 0. The second-order valence-corrected chi connectivity index (χ2v) is 4.73. The van der Waals surface area contributed by atoms with Crippen LogP contribution >= 0.6 is 0 Å². The molecule has 2 N–H and O–H groups in total. The van der Waals surface area contributed by atoms with E-state index in [0.29, 0.717) is 0 Å². The monoisotopic (exact) mass is 311 g/mol. The summed E-state index contributed by atoms with van der Waals surface area (Å²) in [6.45, 7) is 12.5. The molecule has 0 spiro atoms. The molecule has 0 aliphatic heterocycles. The van der Waals surface area contributed by atoms with Crippen molar-refractivity contribution in [3.63, 3.8) is 0 Å². The molecule has 0 amide bonds. The number of hydrogen-bond donors (Lipinski definition) is 2. The minimum atomic E-state index is -1.82. The van der Waals surface area contributed by atoms with Crippen LogP contribution in [0.5, 0.6) is 5.75 Å². The van der Waals surface area contributed by atoms with Crippen molar-refractivity contribution in [2.24, 2.45) is 0 Å². The summed E-state index contributed by atoms with van der Waals surface area (Å²) < 4.78 is 5.73. The summed E-state index contributed by atoms with van der Waals surface area (Å²) in [5.41, 5.74) is 2.61. The van der Waals surface area contributed by atoms with E-state index in [0.717, 1.165) is 32.0 Å². The number of nitrogens with zero attached hydrogens (tertiary/aromatic N) is 1. The van der Waals surface area contributed by atoms with Gasteiger partial charge in [-0.3, -0.25) is 0 Å². The first-order valence-electron chi connectivity index (χ1n) is 7.20. The third-order valence-corrected chi connectivity index (χ3v) is 3.23. The van der Waals surface area contributed by atoms with Crippen molar-refractivity contribution in [2.45, 2.75) is 27.7 Å². The molecule has 0 fully saturated rings. The van der Waals surface area contributed by atoms with Gasteiger partial charge in [0.1, 0.15) is 12.4 Å². The zero-order chi connectivity index (χ0) is 17.1. The Balaban J connectivity index is 0.000000626. The van der Waals surface area contributed by atoms with Crippen LogP contribution in [-0.4, -0.2) is 53.3 Å². The Kier molecular flexibility index (Phi) is 9.61. The lowest BCUT2D eigenvalue weighted by Gasteiger charge is -2.18. The van der Waals surface area contributed by atoms with E-state index < -0.39 is 11.9 Å². The highest BCUT2D eigenvalue weighted by atomic mass is 16.5. The third kappa shape index (κ3) is 8.26. The van der Waals surface area contributed by atoms with E-state index >= 15 is 0 Å². The maximum atomic E-state index is 9.10. The van der Waals surface area contributed by atoms with E-state index in [4.69, 9.17) is 24.5 Å². The molecule has 0 aromatic heterocycles. The summed E-state index contributed by atoms with van der Waals surface area (Å²) in [6, 6.07) is 6.27. The van der Waals surface area contributed by atoms with Crippen molar-refractivity contribution < 1.29 is 24.5 Å². The molecule has 0 bridgehead atoms. The predicted molar refractivity (Wildman–Crippen MR) is 84.5 cm³/mol. The molecule has 0 radical (unpaired) electrons. The minimum Gasteiger partial charge on any atom is -0.492 e. The van der Waals surface area contributed by atoms with Crippen molar-refractivity contribution in [3.8, 4) is 5.75 Å². The average Bonchev–Trinajstić information content (AvgIpc) is 2.48. The number of carboxylic acids is 2. The van der Waals surface area contributed by atoms with E-state index in [1.807, 2.05) is 6.07 Å². The first-order valence-corrected chi connectivity index (χ1v) is 7.20.